The maximum absolute atomic E-state index is 12.2. The van der Waals surface area contributed by atoms with Crippen molar-refractivity contribution in [1.29, 1.82) is 0 Å². The summed E-state index contributed by atoms with van der Waals surface area (Å²) >= 11 is 5.83. The Morgan fingerprint density at radius 2 is 2.00 bits per heavy atom. The first-order valence-electron chi connectivity index (χ1n) is 6.65. The van der Waals surface area contributed by atoms with Gasteiger partial charge in [0.2, 0.25) is 5.91 Å². The number of nitrogens with zero attached hydrogens (tertiary/aromatic N) is 1. The Labute approximate surface area is 122 Å². The predicted octanol–water partition coefficient (Wildman–Crippen LogP) is 2.87. The fraction of sp³-hybridized carbons (Fsp3) is 0.500. The van der Waals surface area contributed by atoms with Crippen LogP contribution in [0, 0.1) is 18.8 Å². The van der Waals surface area contributed by atoms with Gasteiger partial charge in [0.15, 0.2) is 0 Å². The number of nitrogens with one attached hydrogen (secondary N) is 1. The van der Waals surface area contributed by atoms with Gasteiger partial charge < -0.3 is 10.4 Å². The van der Waals surface area contributed by atoms with Gasteiger partial charge in [0.1, 0.15) is 5.15 Å². The summed E-state index contributed by atoms with van der Waals surface area (Å²) in [6.45, 7) is 1.80. The highest BCUT2D eigenvalue weighted by Crippen LogP contribution is 2.31. The maximum atomic E-state index is 12.2. The fourth-order valence-corrected chi connectivity index (χ4v) is 2.71. The molecule has 0 radical (unpaired) electrons. The minimum atomic E-state index is -0.893. The van der Waals surface area contributed by atoms with E-state index in [0.717, 1.165) is 18.4 Å². The Morgan fingerprint density at radius 1 is 1.35 bits per heavy atom. The smallest absolute Gasteiger partial charge is 0.307 e. The molecule has 2 unspecified atom stereocenters. The molecule has 0 aromatic carbocycles. The summed E-state index contributed by atoms with van der Waals surface area (Å²) in [6.07, 6.45) is 4.40. The van der Waals surface area contributed by atoms with Crippen LogP contribution in [-0.2, 0) is 9.59 Å². The molecule has 1 fully saturated rings. The molecule has 1 aliphatic rings. The number of amides is 1. The summed E-state index contributed by atoms with van der Waals surface area (Å²) in [5.74, 6) is -2.21. The topological polar surface area (TPSA) is 79.3 Å². The van der Waals surface area contributed by atoms with Crippen LogP contribution in [0.1, 0.15) is 31.2 Å². The van der Waals surface area contributed by atoms with E-state index in [2.05, 4.69) is 10.3 Å². The second kappa shape index (κ2) is 6.22. The fourth-order valence-electron chi connectivity index (χ4n) is 2.60. The van der Waals surface area contributed by atoms with Gasteiger partial charge in [-0.15, -0.1) is 0 Å². The van der Waals surface area contributed by atoms with Crippen molar-refractivity contribution in [1.82, 2.24) is 4.98 Å². The largest absolute Gasteiger partial charge is 0.481 e. The molecular weight excluding hydrogens is 280 g/mol. The predicted molar refractivity (Wildman–Crippen MR) is 75.7 cm³/mol. The van der Waals surface area contributed by atoms with E-state index in [1.807, 2.05) is 0 Å². The molecule has 1 aliphatic carbocycles. The van der Waals surface area contributed by atoms with E-state index >= 15 is 0 Å². The lowest BCUT2D eigenvalue weighted by Gasteiger charge is -2.27. The molecule has 1 amide bonds. The van der Waals surface area contributed by atoms with Gasteiger partial charge in [0, 0.05) is 0 Å². The quantitative estimate of drug-likeness (QED) is 0.841. The highest BCUT2D eigenvalue weighted by molar-refractivity contribution is 6.30. The molecule has 5 nitrogen and oxygen atoms in total. The van der Waals surface area contributed by atoms with Crippen molar-refractivity contribution in [2.45, 2.75) is 32.6 Å². The zero-order valence-corrected chi connectivity index (χ0v) is 12.0. The molecule has 20 heavy (non-hydrogen) atoms. The van der Waals surface area contributed by atoms with Crippen molar-refractivity contribution in [2.24, 2.45) is 11.8 Å². The zero-order valence-electron chi connectivity index (χ0n) is 11.2. The van der Waals surface area contributed by atoms with Gasteiger partial charge in [0.05, 0.1) is 23.7 Å². The molecule has 2 rings (SSSR count). The average molecular weight is 297 g/mol. The Kier molecular flexibility index (Phi) is 4.60. The molecule has 0 spiro atoms. The van der Waals surface area contributed by atoms with Crippen LogP contribution in [0.5, 0.6) is 0 Å². The number of carboxylic acid groups (broad SMARTS) is 1. The summed E-state index contributed by atoms with van der Waals surface area (Å²) in [6, 6.07) is 1.73. The lowest BCUT2D eigenvalue weighted by molar-refractivity contribution is -0.147. The molecule has 0 aliphatic heterocycles. The first-order chi connectivity index (χ1) is 9.49. The van der Waals surface area contributed by atoms with Crippen molar-refractivity contribution in [2.75, 3.05) is 5.32 Å². The number of carbonyl (C=O) groups excluding carboxylic acids is 1. The van der Waals surface area contributed by atoms with Crippen LogP contribution in [-0.4, -0.2) is 22.0 Å². The van der Waals surface area contributed by atoms with Gasteiger partial charge >= 0.3 is 5.97 Å². The van der Waals surface area contributed by atoms with Gasteiger partial charge in [-0.25, -0.2) is 4.98 Å². The SMILES string of the molecule is Cc1cc(NC(=O)C2CCCCC2C(=O)O)cnc1Cl. The third kappa shape index (κ3) is 3.28. The molecule has 0 bridgehead atoms. The highest BCUT2D eigenvalue weighted by atomic mass is 35.5. The normalized spacial score (nSPS) is 22.3. The molecule has 2 atom stereocenters. The van der Waals surface area contributed by atoms with Crippen LogP contribution in [0.3, 0.4) is 0 Å². The molecule has 0 saturated heterocycles. The Hall–Kier alpha value is -1.62. The van der Waals surface area contributed by atoms with Gasteiger partial charge in [-0.3, -0.25) is 9.59 Å². The Bertz CT molecular complexity index is 533. The third-order valence-corrected chi connectivity index (χ3v) is 4.10. The van der Waals surface area contributed by atoms with E-state index in [-0.39, 0.29) is 5.91 Å². The monoisotopic (exact) mass is 296 g/mol. The van der Waals surface area contributed by atoms with Gasteiger partial charge in [0.25, 0.3) is 0 Å². The Morgan fingerprint density at radius 3 is 2.60 bits per heavy atom. The maximum Gasteiger partial charge on any atom is 0.307 e. The average Bonchev–Trinajstić information content (AvgIpc) is 2.43. The van der Waals surface area contributed by atoms with Crippen molar-refractivity contribution in [3.63, 3.8) is 0 Å². The van der Waals surface area contributed by atoms with E-state index in [1.165, 1.54) is 6.20 Å². The van der Waals surface area contributed by atoms with E-state index < -0.39 is 17.8 Å². The van der Waals surface area contributed by atoms with E-state index in [9.17, 15) is 14.7 Å². The first kappa shape index (κ1) is 14.8. The van der Waals surface area contributed by atoms with Crippen molar-refractivity contribution < 1.29 is 14.7 Å². The summed E-state index contributed by atoms with van der Waals surface area (Å²) < 4.78 is 0. The van der Waals surface area contributed by atoms with Crippen LogP contribution in [0.2, 0.25) is 5.15 Å². The summed E-state index contributed by atoms with van der Waals surface area (Å²) in [5, 5.41) is 12.3. The molecule has 2 N–H and O–H groups in total. The van der Waals surface area contributed by atoms with Crippen LogP contribution >= 0.6 is 11.6 Å². The number of carbonyl (C=O) groups is 2. The lowest BCUT2D eigenvalue weighted by Crippen LogP contribution is -2.36. The lowest BCUT2D eigenvalue weighted by atomic mass is 9.78. The zero-order chi connectivity index (χ0) is 14.7. The third-order valence-electron chi connectivity index (χ3n) is 3.70. The van der Waals surface area contributed by atoms with Gasteiger partial charge in [-0.1, -0.05) is 24.4 Å². The number of aliphatic carboxylic acids is 1. The first-order valence-corrected chi connectivity index (χ1v) is 7.02. The molecule has 1 aromatic heterocycles. The minimum absolute atomic E-state index is 0.249. The van der Waals surface area contributed by atoms with Gasteiger partial charge in [-0.05, 0) is 31.4 Å². The van der Waals surface area contributed by atoms with Crippen LogP contribution < -0.4 is 5.32 Å². The number of hydrogen-bond acceptors (Lipinski definition) is 3. The number of anilines is 1. The number of aromatic nitrogens is 1. The highest BCUT2D eigenvalue weighted by Gasteiger charge is 2.35. The molecule has 1 heterocycles. The van der Waals surface area contributed by atoms with Crippen molar-refractivity contribution >= 4 is 29.2 Å². The van der Waals surface area contributed by atoms with Crippen molar-refractivity contribution in [3.05, 3.63) is 23.0 Å². The second-order valence-corrected chi connectivity index (χ2v) is 5.51. The van der Waals surface area contributed by atoms with E-state index in [4.69, 9.17) is 11.6 Å². The standard InChI is InChI=1S/C14H17ClN2O3/c1-8-6-9(7-16-12(8)15)17-13(18)10-4-2-3-5-11(10)14(19)20/h6-7,10-11H,2-5H2,1H3,(H,17,18)(H,19,20). The van der Waals surface area contributed by atoms with E-state index in [1.54, 1.807) is 13.0 Å². The number of hydrogen-bond donors (Lipinski definition) is 2. The number of pyridine rings is 1. The summed E-state index contributed by atoms with van der Waals surface area (Å²) in [4.78, 5) is 27.4. The second-order valence-electron chi connectivity index (χ2n) is 5.16. The molecular formula is C14H17ClN2O3. The number of aryl methyl sites for hydroxylation is 1. The number of halogens is 1. The molecule has 6 heteroatoms. The van der Waals surface area contributed by atoms with Crippen molar-refractivity contribution in [3.8, 4) is 0 Å². The molecule has 1 saturated carbocycles. The van der Waals surface area contributed by atoms with Gasteiger partial charge in [-0.2, -0.15) is 0 Å². The summed E-state index contributed by atoms with van der Waals surface area (Å²) in [7, 11) is 0. The number of carboxylic acids is 1. The number of rotatable bonds is 3. The van der Waals surface area contributed by atoms with E-state index in [0.29, 0.717) is 23.7 Å². The molecule has 1 aromatic rings. The van der Waals surface area contributed by atoms with Crippen LogP contribution in [0.15, 0.2) is 12.3 Å². The summed E-state index contributed by atoms with van der Waals surface area (Å²) in [5.41, 5.74) is 1.31. The Balaban J connectivity index is 2.09. The minimum Gasteiger partial charge on any atom is -0.481 e. The molecule has 108 valence electrons. The van der Waals surface area contributed by atoms with Crippen LogP contribution in [0.4, 0.5) is 5.69 Å². The van der Waals surface area contributed by atoms with Crippen LogP contribution in [0.25, 0.3) is 0 Å².